The van der Waals surface area contributed by atoms with E-state index in [1.165, 1.54) is 12.1 Å². The molecular weight excluding hydrogens is 217 g/mol. The first kappa shape index (κ1) is 10.3. The van der Waals surface area contributed by atoms with Crippen LogP contribution < -0.4 is 4.90 Å². The maximum Gasteiger partial charge on any atom is 0.123 e. The van der Waals surface area contributed by atoms with Crippen molar-refractivity contribution < 1.29 is 9.13 Å². The van der Waals surface area contributed by atoms with Gasteiger partial charge in [0, 0.05) is 16.9 Å². The van der Waals surface area contributed by atoms with Crippen molar-refractivity contribution in [2.45, 2.75) is 6.61 Å². The summed E-state index contributed by atoms with van der Waals surface area (Å²) >= 11 is 0. The van der Waals surface area contributed by atoms with E-state index in [0.29, 0.717) is 13.3 Å². The number of fused-ring (bicyclic) bond motifs is 1. The van der Waals surface area contributed by atoms with Crippen LogP contribution in [0.4, 0.5) is 15.8 Å². The standard InChI is InChI=1S/C14H12FNO/c15-12-5-7-13(8-6-12)16-10-17-9-11-3-1-2-4-14(11)16/h1-8H,9-10H2. The van der Waals surface area contributed by atoms with Crippen molar-refractivity contribution in [3.63, 3.8) is 0 Å². The fourth-order valence-electron chi connectivity index (χ4n) is 2.05. The molecule has 3 rings (SSSR count). The molecule has 2 aromatic rings. The quantitative estimate of drug-likeness (QED) is 0.742. The summed E-state index contributed by atoms with van der Waals surface area (Å²) in [5, 5.41) is 0. The molecule has 0 bridgehead atoms. The number of anilines is 2. The number of hydrogen-bond acceptors (Lipinski definition) is 2. The Kier molecular flexibility index (Phi) is 2.53. The van der Waals surface area contributed by atoms with Gasteiger partial charge in [0.25, 0.3) is 0 Å². The summed E-state index contributed by atoms with van der Waals surface area (Å²) in [4.78, 5) is 2.04. The van der Waals surface area contributed by atoms with Crippen LogP contribution in [0, 0.1) is 5.82 Å². The van der Waals surface area contributed by atoms with E-state index in [1.54, 1.807) is 12.1 Å². The fourth-order valence-corrected chi connectivity index (χ4v) is 2.05. The average Bonchev–Trinajstić information content (AvgIpc) is 2.39. The van der Waals surface area contributed by atoms with E-state index in [-0.39, 0.29) is 5.82 Å². The molecule has 0 atom stereocenters. The Morgan fingerprint density at radius 3 is 2.59 bits per heavy atom. The van der Waals surface area contributed by atoms with Gasteiger partial charge in [-0.05, 0) is 30.3 Å². The Morgan fingerprint density at radius 1 is 1.00 bits per heavy atom. The highest BCUT2D eigenvalue weighted by atomic mass is 19.1. The Labute approximate surface area is 99.3 Å². The third-order valence-electron chi connectivity index (χ3n) is 2.90. The van der Waals surface area contributed by atoms with E-state index in [0.717, 1.165) is 16.9 Å². The Bertz CT molecular complexity index is 524. The van der Waals surface area contributed by atoms with Gasteiger partial charge >= 0.3 is 0 Å². The lowest BCUT2D eigenvalue weighted by Gasteiger charge is -2.31. The van der Waals surface area contributed by atoms with E-state index in [9.17, 15) is 4.39 Å². The molecule has 0 fully saturated rings. The summed E-state index contributed by atoms with van der Waals surface area (Å²) in [5.74, 6) is -0.222. The van der Waals surface area contributed by atoms with Crippen LogP contribution in [0.25, 0.3) is 0 Å². The first-order valence-electron chi connectivity index (χ1n) is 5.53. The molecule has 0 saturated heterocycles. The van der Waals surface area contributed by atoms with Gasteiger partial charge < -0.3 is 9.64 Å². The molecule has 2 nitrogen and oxygen atoms in total. The van der Waals surface area contributed by atoms with Crippen LogP contribution in [0.15, 0.2) is 48.5 Å². The summed E-state index contributed by atoms with van der Waals surface area (Å²) < 4.78 is 18.4. The average molecular weight is 229 g/mol. The first-order valence-corrected chi connectivity index (χ1v) is 5.53. The van der Waals surface area contributed by atoms with E-state index in [4.69, 9.17) is 4.74 Å². The number of benzene rings is 2. The van der Waals surface area contributed by atoms with Gasteiger partial charge in [0.2, 0.25) is 0 Å². The lowest BCUT2D eigenvalue weighted by atomic mass is 10.1. The minimum atomic E-state index is -0.222. The first-order chi connectivity index (χ1) is 8.34. The number of ether oxygens (including phenoxy) is 1. The molecule has 0 amide bonds. The normalized spacial score (nSPS) is 14.5. The summed E-state index contributed by atoms with van der Waals surface area (Å²) in [6.45, 7) is 1.14. The number of hydrogen-bond donors (Lipinski definition) is 0. The van der Waals surface area contributed by atoms with Gasteiger partial charge in [0.15, 0.2) is 0 Å². The second kappa shape index (κ2) is 4.18. The van der Waals surface area contributed by atoms with Gasteiger partial charge in [0.1, 0.15) is 12.5 Å². The molecule has 0 N–H and O–H groups in total. The van der Waals surface area contributed by atoms with E-state index >= 15 is 0 Å². The van der Waals surface area contributed by atoms with Crippen LogP contribution >= 0.6 is 0 Å². The molecule has 1 aliphatic rings. The molecule has 0 unspecified atom stereocenters. The molecule has 1 aliphatic heterocycles. The minimum Gasteiger partial charge on any atom is -0.356 e. The molecule has 2 aromatic carbocycles. The highest BCUT2D eigenvalue weighted by molar-refractivity contribution is 5.66. The third kappa shape index (κ3) is 1.89. The zero-order valence-electron chi connectivity index (χ0n) is 9.27. The summed E-state index contributed by atoms with van der Waals surface area (Å²) in [6.07, 6.45) is 0. The molecule has 17 heavy (non-hydrogen) atoms. The SMILES string of the molecule is Fc1ccc(N2COCc3ccccc32)cc1. The molecular formula is C14H12FNO. The molecule has 0 saturated carbocycles. The van der Waals surface area contributed by atoms with Crippen LogP contribution in [-0.2, 0) is 11.3 Å². The highest BCUT2D eigenvalue weighted by Crippen LogP contribution is 2.32. The lowest BCUT2D eigenvalue weighted by Crippen LogP contribution is -2.26. The van der Waals surface area contributed by atoms with Crippen LogP contribution in [-0.4, -0.2) is 6.73 Å². The summed E-state index contributed by atoms with van der Waals surface area (Å²) in [6, 6.07) is 14.6. The van der Waals surface area contributed by atoms with Crippen molar-refractivity contribution in [2.24, 2.45) is 0 Å². The van der Waals surface area contributed by atoms with Gasteiger partial charge in [0.05, 0.1) is 6.61 Å². The summed E-state index contributed by atoms with van der Waals surface area (Å²) in [5.41, 5.74) is 3.23. The van der Waals surface area contributed by atoms with Crippen molar-refractivity contribution in [3.05, 3.63) is 59.9 Å². The van der Waals surface area contributed by atoms with Crippen LogP contribution in [0.5, 0.6) is 0 Å². The predicted octanol–water partition coefficient (Wildman–Crippen LogP) is 3.45. The molecule has 0 aliphatic carbocycles. The third-order valence-corrected chi connectivity index (χ3v) is 2.90. The largest absolute Gasteiger partial charge is 0.356 e. The molecule has 0 radical (unpaired) electrons. The predicted molar refractivity (Wildman–Crippen MR) is 64.6 cm³/mol. The maximum absolute atomic E-state index is 12.9. The second-order valence-electron chi connectivity index (χ2n) is 4.01. The van der Waals surface area contributed by atoms with Crippen molar-refractivity contribution in [1.29, 1.82) is 0 Å². The van der Waals surface area contributed by atoms with Gasteiger partial charge in [-0.25, -0.2) is 4.39 Å². The lowest BCUT2D eigenvalue weighted by molar-refractivity contribution is 0.117. The van der Waals surface area contributed by atoms with Crippen molar-refractivity contribution in [3.8, 4) is 0 Å². The van der Waals surface area contributed by atoms with E-state index in [2.05, 4.69) is 6.07 Å². The zero-order chi connectivity index (χ0) is 11.7. The number of halogens is 1. The monoisotopic (exact) mass is 229 g/mol. The van der Waals surface area contributed by atoms with Gasteiger partial charge in [-0.3, -0.25) is 0 Å². The number of para-hydroxylation sites is 1. The fraction of sp³-hybridized carbons (Fsp3) is 0.143. The molecule has 0 spiro atoms. The number of rotatable bonds is 1. The highest BCUT2D eigenvalue weighted by Gasteiger charge is 2.17. The molecule has 0 aromatic heterocycles. The second-order valence-corrected chi connectivity index (χ2v) is 4.01. The van der Waals surface area contributed by atoms with E-state index < -0.39 is 0 Å². The molecule has 3 heteroatoms. The minimum absolute atomic E-state index is 0.222. The van der Waals surface area contributed by atoms with Gasteiger partial charge in [-0.15, -0.1) is 0 Å². The van der Waals surface area contributed by atoms with E-state index in [1.807, 2.05) is 23.1 Å². The van der Waals surface area contributed by atoms with Crippen molar-refractivity contribution >= 4 is 11.4 Å². The Morgan fingerprint density at radius 2 is 1.76 bits per heavy atom. The van der Waals surface area contributed by atoms with Crippen LogP contribution in [0.2, 0.25) is 0 Å². The summed E-state index contributed by atoms with van der Waals surface area (Å²) in [7, 11) is 0. The smallest absolute Gasteiger partial charge is 0.123 e. The topological polar surface area (TPSA) is 12.5 Å². The van der Waals surface area contributed by atoms with Gasteiger partial charge in [-0.1, -0.05) is 18.2 Å². The maximum atomic E-state index is 12.9. The molecule has 1 heterocycles. The van der Waals surface area contributed by atoms with Gasteiger partial charge in [-0.2, -0.15) is 0 Å². The van der Waals surface area contributed by atoms with Crippen LogP contribution in [0.3, 0.4) is 0 Å². The van der Waals surface area contributed by atoms with Crippen molar-refractivity contribution in [2.75, 3.05) is 11.6 Å². The molecule has 86 valence electrons. The Hall–Kier alpha value is -1.87. The zero-order valence-corrected chi connectivity index (χ0v) is 9.27. The Balaban J connectivity index is 2.03. The van der Waals surface area contributed by atoms with Crippen LogP contribution in [0.1, 0.15) is 5.56 Å². The number of nitrogens with zero attached hydrogens (tertiary/aromatic N) is 1. The van der Waals surface area contributed by atoms with Crippen molar-refractivity contribution in [1.82, 2.24) is 0 Å².